The van der Waals surface area contributed by atoms with Crippen molar-refractivity contribution in [1.29, 1.82) is 0 Å². The Balaban J connectivity index is 2.03. The zero-order chi connectivity index (χ0) is 13.5. The summed E-state index contributed by atoms with van der Waals surface area (Å²) in [7, 11) is 0. The molecule has 0 saturated carbocycles. The Kier molecular flexibility index (Phi) is 5.86. The van der Waals surface area contributed by atoms with Gasteiger partial charge in [0.15, 0.2) is 0 Å². The molecule has 1 fully saturated rings. The van der Waals surface area contributed by atoms with Crippen LogP contribution in [0.25, 0.3) is 0 Å². The van der Waals surface area contributed by atoms with Crippen LogP contribution in [0.3, 0.4) is 0 Å². The first-order valence-electron chi connectivity index (χ1n) is 7.69. The van der Waals surface area contributed by atoms with Crippen LogP contribution in [-0.4, -0.2) is 29.2 Å². The van der Waals surface area contributed by atoms with Crippen molar-refractivity contribution in [3.05, 3.63) is 18.2 Å². The van der Waals surface area contributed by atoms with E-state index >= 15 is 0 Å². The molecule has 0 aliphatic carbocycles. The highest BCUT2D eigenvalue weighted by molar-refractivity contribution is 5.06. The molecular weight excluding hydrogens is 238 g/mol. The first-order valence-corrected chi connectivity index (χ1v) is 7.69. The molecule has 108 valence electrons. The monoisotopic (exact) mass is 265 g/mol. The maximum Gasteiger partial charge on any atom is 0.103 e. The summed E-state index contributed by atoms with van der Waals surface area (Å²) in [5.41, 5.74) is 1.25. The summed E-state index contributed by atoms with van der Waals surface area (Å²) in [4.78, 5) is 4.31. The van der Waals surface area contributed by atoms with E-state index in [4.69, 9.17) is 4.74 Å². The molecule has 1 N–H and O–H groups in total. The summed E-state index contributed by atoms with van der Waals surface area (Å²) in [6.45, 7) is 8.47. The molecule has 0 amide bonds. The molecule has 0 aromatic carbocycles. The van der Waals surface area contributed by atoms with Gasteiger partial charge in [-0.2, -0.15) is 0 Å². The van der Waals surface area contributed by atoms with Crippen molar-refractivity contribution in [3.63, 3.8) is 0 Å². The summed E-state index contributed by atoms with van der Waals surface area (Å²) in [6.07, 6.45) is 8.88. The lowest BCUT2D eigenvalue weighted by atomic mass is 9.92. The van der Waals surface area contributed by atoms with Crippen LogP contribution in [0.1, 0.15) is 51.3 Å². The number of ether oxygens (including phenoxy) is 1. The summed E-state index contributed by atoms with van der Waals surface area (Å²) in [6, 6.07) is 0. The van der Waals surface area contributed by atoms with Crippen LogP contribution in [-0.2, 0) is 11.3 Å². The van der Waals surface area contributed by atoms with Crippen molar-refractivity contribution < 1.29 is 4.74 Å². The number of rotatable bonds is 7. The third kappa shape index (κ3) is 3.80. The first kappa shape index (κ1) is 14.5. The van der Waals surface area contributed by atoms with Gasteiger partial charge in [0, 0.05) is 25.6 Å². The van der Waals surface area contributed by atoms with Crippen LogP contribution in [0.5, 0.6) is 0 Å². The van der Waals surface area contributed by atoms with E-state index in [1.807, 2.05) is 12.5 Å². The topological polar surface area (TPSA) is 39.1 Å². The van der Waals surface area contributed by atoms with Crippen LogP contribution in [0.4, 0.5) is 0 Å². The van der Waals surface area contributed by atoms with Gasteiger partial charge in [0.2, 0.25) is 0 Å². The molecule has 2 rings (SSSR count). The number of hydrogen-bond donors (Lipinski definition) is 1. The maximum atomic E-state index is 6.05. The third-order valence-corrected chi connectivity index (χ3v) is 3.78. The summed E-state index contributed by atoms with van der Waals surface area (Å²) >= 11 is 0. The van der Waals surface area contributed by atoms with Gasteiger partial charge in [0.25, 0.3) is 0 Å². The fourth-order valence-corrected chi connectivity index (χ4v) is 2.84. The van der Waals surface area contributed by atoms with Crippen LogP contribution < -0.4 is 5.32 Å². The second-order valence-electron chi connectivity index (χ2n) is 5.41. The van der Waals surface area contributed by atoms with Crippen molar-refractivity contribution in [1.82, 2.24) is 14.9 Å². The summed E-state index contributed by atoms with van der Waals surface area (Å²) in [5, 5.41) is 3.54. The zero-order valence-electron chi connectivity index (χ0n) is 12.3. The van der Waals surface area contributed by atoms with Gasteiger partial charge in [0.1, 0.15) is 6.10 Å². The summed E-state index contributed by atoms with van der Waals surface area (Å²) < 4.78 is 8.30. The van der Waals surface area contributed by atoms with Crippen LogP contribution >= 0.6 is 0 Å². The van der Waals surface area contributed by atoms with Crippen molar-refractivity contribution >= 4 is 0 Å². The van der Waals surface area contributed by atoms with Crippen LogP contribution in [0, 0.1) is 5.92 Å². The molecule has 2 unspecified atom stereocenters. The molecule has 1 aliphatic heterocycles. The number of imidazole rings is 1. The average Bonchev–Trinajstić information content (AvgIpc) is 2.88. The normalized spacial score (nSPS) is 23.7. The SMILES string of the molecule is CCCNCC1CCCOC1c1cncn1CCC. The fraction of sp³-hybridized carbons (Fsp3) is 0.800. The molecule has 2 atom stereocenters. The van der Waals surface area contributed by atoms with E-state index in [-0.39, 0.29) is 6.10 Å². The minimum atomic E-state index is 0.215. The van der Waals surface area contributed by atoms with Crippen molar-refractivity contribution in [2.24, 2.45) is 5.92 Å². The summed E-state index contributed by atoms with van der Waals surface area (Å²) in [5.74, 6) is 0.576. The second-order valence-corrected chi connectivity index (χ2v) is 5.41. The lowest BCUT2D eigenvalue weighted by Gasteiger charge is -2.32. The molecule has 4 nitrogen and oxygen atoms in total. The van der Waals surface area contributed by atoms with Crippen molar-refractivity contribution in [2.75, 3.05) is 19.7 Å². The number of hydrogen-bond acceptors (Lipinski definition) is 3. The smallest absolute Gasteiger partial charge is 0.103 e. The van der Waals surface area contributed by atoms with Gasteiger partial charge < -0.3 is 14.6 Å². The number of aryl methyl sites for hydroxylation is 1. The van der Waals surface area contributed by atoms with Gasteiger partial charge in [-0.1, -0.05) is 13.8 Å². The van der Waals surface area contributed by atoms with Crippen LogP contribution in [0.15, 0.2) is 12.5 Å². The molecule has 0 spiro atoms. The predicted molar refractivity (Wildman–Crippen MR) is 77.1 cm³/mol. The molecule has 19 heavy (non-hydrogen) atoms. The van der Waals surface area contributed by atoms with Gasteiger partial charge in [0.05, 0.1) is 18.2 Å². The number of nitrogens with zero attached hydrogens (tertiary/aromatic N) is 2. The van der Waals surface area contributed by atoms with E-state index in [1.165, 1.54) is 25.0 Å². The van der Waals surface area contributed by atoms with E-state index < -0.39 is 0 Å². The van der Waals surface area contributed by atoms with E-state index in [9.17, 15) is 0 Å². The first-order chi connectivity index (χ1) is 9.36. The fourth-order valence-electron chi connectivity index (χ4n) is 2.84. The van der Waals surface area contributed by atoms with Gasteiger partial charge in [-0.05, 0) is 32.2 Å². The maximum absolute atomic E-state index is 6.05. The molecular formula is C15H27N3O. The molecule has 1 saturated heterocycles. The molecule has 1 aromatic rings. The molecule has 1 aromatic heterocycles. The Labute approximate surface area is 116 Å². The Morgan fingerprint density at radius 2 is 2.32 bits per heavy atom. The lowest BCUT2D eigenvalue weighted by molar-refractivity contribution is -0.0321. The van der Waals surface area contributed by atoms with E-state index in [2.05, 4.69) is 28.7 Å². The van der Waals surface area contributed by atoms with E-state index in [0.717, 1.165) is 32.7 Å². The molecule has 4 heteroatoms. The molecule has 2 heterocycles. The highest BCUT2D eigenvalue weighted by Crippen LogP contribution is 2.33. The highest BCUT2D eigenvalue weighted by atomic mass is 16.5. The minimum Gasteiger partial charge on any atom is -0.372 e. The third-order valence-electron chi connectivity index (χ3n) is 3.78. The molecule has 0 radical (unpaired) electrons. The molecule has 0 bridgehead atoms. The van der Waals surface area contributed by atoms with Gasteiger partial charge in [-0.25, -0.2) is 4.98 Å². The zero-order valence-corrected chi connectivity index (χ0v) is 12.3. The lowest BCUT2D eigenvalue weighted by Crippen LogP contribution is -2.33. The average molecular weight is 265 g/mol. The quantitative estimate of drug-likeness (QED) is 0.771. The predicted octanol–water partition coefficient (Wildman–Crippen LogP) is 2.76. The van der Waals surface area contributed by atoms with Crippen molar-refractivity contribution in [3.8, 4) is 0 Å². The largest absolute Gasteiger partial charge is 0.372 e. The van der Waals surface area contributed by atoms with Gasteiger partial charge in [-0.3, -0.25) is 0 Å². The van der Waals surface area contributed by atoms with Gasteiger partial charge in [-0.15, -0.1) is 0 Å². The number of nitrogens with one attached hydrogen (secondary N) is 1. The van der Waals surface area contributed by atoms with E-state index in [1.54, 1.807) is 0 Å². The van der Waals surface area contributed by atoms with Crippen molar-refractivity contribution in [2.45, 2.75) is 52.2 Å². The number of aromatic nitrogens is 2. The Hall–Kier alpha value is -0.870. The minimum absolute atomic E-state index is 0.215. The second kappa shape index (κ2) is 7.65. The van der Waals surface area contributed by atoms with E-state index in [0.29, 0.717) is 5.92 Å². The molecule has 1 aliphatic rings. The highest BCUT2D eigenvalue weighted by Gasteiger charge is 2.29. The van der Waals surface area contributed by atoms with Gasteiger partial charge >= 0.3 is 0 Å². The standard InChI is InChI=1S/C15H27N3O/c1-3-7-16-10-13-6-5-9-19-15(13)14-11-17-12-18(14)8-4-2/h11-13,15-16H,3-10H2,1-2H3. The Bertz CT molecular complexity index is 364. The Morgan fingerprint density at radius 3 is 3.11 bits per heavy atom. The van der Waals surface area contributed by atoms with Crippen LogP contribution in [0.2, 0.25) is 0 Å². The Morgan fingerprint density at radius 1 is 1.42 bits per heavy atom.